The molecule has 0 saturated carbocycles. The van der Waals surface area contributed by atoms with Gasteiger partial charge in [-0.2, -0.15) is 4.31 Å². The van der Waals surface area contributed by atoms with Crippen molar-refractivity contribution in [2.45, 2.75) is 4.90 Å². The van der Waals surface area contributed by atoms with E-state index in [1.165, 1.54) is 41.8 Å². The summed E-state index contributed by atoms with van der Waals surface area (Å²) >= 11 is 0. The molecule has 7 heteroatoms. The number of carbonyl (C=O) groups is 1. The van der Waals surface area contributed by atoms with Gasteiger partial charge in [0.2, 0.25) is 10.0 Å². The molecule has 0 bridgehead atoms. The van der Waals surface area contributed by atoms with Crippen LogP contribution in [0.1, 0.15) is 10.4 Å². The van der Waals surface area contributed by atoms with Crippen LogP contribution in [-0.4, -0.2) is 38.8 Å². The first kappa shape index (κ1) is 16.9. The monoisotopic (exact) mass is 310 g/mol. The fraction of sp³-hybridized carbons (Fsp3) is 0.214. The Balaban J connectivity index is 3.36. The van der Waals surface area contributed by atoms with Crippen LogP contribution in [0.4, 0.5) is 0 Å². The van der Waals surface area contributed by atoms with Crippen LogP contribution in [0, 0.1) is 0 Å². The van der Waals surface area contributed by atoms with Gasteiger partial charge in [0.1, 0.15) is 5.75 Å². The quantitative estimate of drug-likeness (QED) is 0.730. The number of primary amides is 1. The van der Waals surface area contributed by atoms with Gasteiger partial charge in [0, 0.05) is 13.1 Å². The summed E-state index contributed by atoms with van der Waals surface area (Å²) in [6, 6.07) is 3.96. The van der Waals surface area contributed by atoms with Crippen LogP contribution in [-0.2, 0) is 10.0 Å². The molecule has 1 amide bonds. The van der Waals surface area contributed by atoms with Crippen molar-refractivity contribution in [2.75, 3.05) is 20.2 Å². The third-order valence-corrected chi connectivity index (χ3v) is 4.57. The van der Waals surface area contributed by atoms with Gasteiger partial charge in [-0.25, -0.2) is 8.42 Å². The van der Waals surface area contributed by atoms with Crippen molar-refractivity contribution in [3.63, 3.8) is 0 Å². The number of amides is 1. The van der Waals surface area contributed by atoms with Crippen molar-refractivity contribution in [1.82, 2.24) is 4.31 Å². The highest BCUT2D eigenvalue weighted by Gasteiger charge is 2.24. The Morgan fingerprint density at radius 1 is 1.33 bits per heavy atom. The zero-order valence-electron chi connectivity index (χ0n) is 11.8. The van der Waals surface area contributed by atoms with Crippen LogP contribution in [0.25, 0.3) is 0 Å². The van der Waals surface area contributed by atoms with Gasteiger partial charge in [0.25, 0.3) is 5.91 Å². The number of methoxy groups -OCH3 is 1. The summed E-state index contributed by atoms with van der Waals surface area (Å²) in [5, 5.41) is 0. The molecule has 0 heterocycles. The number of hydrogen-bond donors (Lipinski definition) is 1. The highest BCUT2D eigenvalue weighted by molar-refractivity contribution is 7.89. The maximum Gasteiger partial charge on any atom is 0.252 e. The summed E-state index contributed by atoms with van der Waals surface area (Å²) in [6.45, 7) is 7.32. The fourth-order valence-electron chi connectivity index (χ4n) is 1.75. The third kappa shape index (κ3) is 3.71. The van der Waals surface area contributed by atoms with Crippen LogP contribution in [0.3, 0.4) is 0 Å². The molecule has 0 aliphatic heterocycles. The van der Waals surface area contributed by atoms with Crippen molar-refractivity contribution >= 4 is 15.9 Å². The SMILES string of the molecule is C=CCN(CC=C)S(=O)(=O)c1ccc(OC)c(C(N)=O)c1. The van der Waals surface area contributed by atoms with E-state index in [0.717, 1.165) is 0 Å². The van der Waals surface area contributed by atoms with Gasteiger partial charge < -0.3 is 10.5 Å². The zero-order chi connectivity index (χ0) is 16.0. The lowest BCUT2D eigenvalue weighted by atomic mass is 10.2. The minimum absolute atomic E-state index is 0.00994. The van der Waals surface area contributed by atoms with Crippen molar-refractivity contribution in [1.29, 1.82) is 0 Å². The summed E-state index contributed by atoms with van der Waals surface area (Å²) < 4.78 is 31.2. The normalized spacial score (nSPS) is 11.1. The molecule has 1 aromatic carbocycles. The molecule has 0 fully saturated rings. The summed E-state index contributed by atoms with van der Waals surface area (Å²) in [4.78, 5) is 11.3. The van der Waals surface area contributed by atoms with E-state index in [4.69, 9.17) is 10.5 Å². The first-order chi connectivity index (χ1) is 9.88. The second-order valence-electron chi connectivity index (χ2n) is 4.13. The summed E-state index contributed by atoms with van der Waals surface area (Å²) in [7, 11) is -2.41. The molecule has 0 aliphatic carbocycles. The summed E-state index contributed by atoms with van der Waals surface area (Å²) in [5.74, 6) is -0.539. The summed E-state index contributed by atoms with van der Waals surface area (Å²) in [5.41, 5.74) is 5.25. The van der Waals surface area contributed by atoms with Crippen molar-refractivity contribution in [3.05, 3.63) is 49.1 Å². The number of nitrogens with zero attached hydrogens (tertiary/aromatic N) is 1. The highest BCUT2D eigenvalue weighted by atomic mass is 32.2. The van der Waals surface area contributed by atoms with Crippen molar-refractivity contribution in [2.24, 2.45) is 5.73 Å². The summed E-state index contributed by atoms with van der Waals surface area (Å²) in [6.07, 6.45) is 2.94. The van der Waals surface area contributed by atoms with Gasteiger partial charge in [-0.15, -0.1) is 13.2 Å². The Morgan fingerprint density at radius 3 is 2.33 bits per heavy atom. The lowest BCUT2D eigenvalue weighted by Crippen LogP contribution is -2.31. The van der Waals surface area contributed by atoms with E-state index in [1.54, 1.807) is 0 Å². The van der Waals surface area contributed by atoms with E-state index in [-0.39, 0.29) is 29.3 Å². The molecule has 114 valence electrons. The molecule has 21 heavy (non-hydrogen) atoms. The molecule has 0 aromatic heterocycles. The standard InChI is InChI=1S/C14H18N2O4S/c1-4-8-16(9-5-2)21(18,19)11-6-7-13(20-3)12(10-11)14(15)17/h4-7,10H,1-2,8-9H2,3H3,(H2,15,17). The molecule has 1 aromatic rings. The Hall–Kier alpha value is -2.12. The molecule has 0 radical (unpaired) electrons. The van der Waals surface area contributed by atoms with Gasteiger partial charge in [-0.05, 0) is 18.2 Å². The van der Waals surface area contributed by atoms with Crippen molar-refractivity contribution < 1.29 is 17.9 Å². The molecular formula is C14H18N2O4S. The molecule has 0 saturated heterocycles. The molecule has 0 unspecified atom stereocenters. The molecule has 1 rings (SSSR count). The van der Waals surface area contributed by atoms with E-state index >= 15 is 0 Å². The first-order valence-electron chi connectivity index (χ1n) is 6.08. The van der Waals surface area contributed by atoms with Gasteiger partial charge in [0.15, 0.2) is 0 Å². The number of benzene rings is 1. The first-order valence-corrected chi connectivity index (χ1v) is 7.52. The van der Waals surface area contributed by atoms with Gasteiger partial charge in [-0.3, -0.25) is 4.79 Å². The molecule has 0 spiro atoms. The molecule has 0 aliphatic rings. The number of nitrogens with two attached hydrogens (primary N) is 1. The number of sulfonamides is 1. The maximum atomic E-state index is 12.5. The Labute approximate surface area is 124 Å². The van der Waals surface area contributed by atoms with Crippen LogP contribution in [0.2, 0.25) is 0 Å². The smallest absolute Gasteiger partial charge is 0.252 e. The lowest BCUT2D eigenvalue weighted by Gasteiger charge is -2.19. The minimum Gasteiger partial charge on any atom is -0.496 e. The molecule has 2 N–H and O–H groups in total. The molecule has 0 atom stereocenters. The number of hydrogen-bond acceptors (Lipinski definition) is 4. The van der Waals surface area contributed by atoms with Crippen LogP contribution < -0.4 is 10.5 Å². The minimum atomic E-state index is -3.78. The Morgan fingerprint density at radius 2 is 1.90 bits per heavy atom. The van der Waals surface area contributed by atoms with Crippen LogP contribution in [0.15, 0.2) is 48.4 Å². The number of ether oxygens (including phenoxy) is 1. The highest BCUT2D eigenvalue weighted by Crippen LogP contribution is 2.24. The third-order valence-electron chi connectivity index (χ3n) is 2.74. The largest absolute Gasteiger partial charge is 0.496 e. The van der Waals surface area contributed by atoms with Crippen LogP contribution >= 0.6 is 0 Å². The van der Waals surface area contributed by atoms with Crippen molar-refractivity contribution in [3.8, 4) is 5.75 Å². The predicted molar refractivity (Wildman–Crippen MR) is 80.7 cm³/mol. The molecular weight excluding hydrogens is 292 g/mol. The fourth-order valence-corrected chi connectivity index (χ4v) is 3.16. The topological polar surface area (TPSA) is 89.7 Å². The second-order valence-corrected chi connectivity index (χ2v) is 6.06. The van der Waals surface area contributed by atoms with E-state index < -0.39 is 15.9 Å². The second kappa shape index (κ2) is 7.05. The van der Waals surface area contributed by atoms with E-state index in [9.17, 15) is 13.2 Å². The zero-order valence-corrected chi connectivity index (χ0v) is 12.6. The van der Waals surface area contributed by atoms with E-state index in [2.05, 4.69) is 13.2 Å². The van der Waals surface area contributed by atoms with Gasteiger partial charge in [0.05, 0.1) is 17.6 Å². The predicted octanol–water partition coefficient (Wildman–Crippen LogP) is 1.16. The number of carbonyl (C=O) groups excluding carboxylic acids is 1. The lowest BCUT2D eigenvalue weighted by molar-refractivity contribution is 0.0997. The number of rotatable bonds is 8. The van der Waals surface area contributed by atoms with E-state index in [0.29, 0.717) is 0 Å². The Bertz CT molecular complexity index is 643. The van der Waals surface area contributed by atoms with Crippen LogP contribution in [0.5, 0.6) is 5.75 Å². The molecule has 6 nitrogen and oxygen atoms in total. The van der Waals surface area contributed by atoms with Gasteiger partial charge in [-0.1, -0.05) is 12.2 Å². The maximum absolute atomic E-state index is 12.5. The Kier molecular flexibility index (Phi) is 5.69. The average molecular weight is 310 g/mol. The average Bonchev–Trinajstić information content (AvgIpc) is 2.46. The van der Waals surface area contributed by atoms with E-state index in [1.807, 2.05) is 0 Å². The van der Waals surface area contributed by atoms with Gasteiger partial charge >= 0.3 is 0 Å².